The van der Waals surface area contributed by atoms with Crippen LogP contribution in [-0.2, 0) is 9.53 Å². The van der Waals surface area contributed by atoms with Gasteiger partial charge in [0.25, 0.3) is 0 Å². The first-order valence-electron chi connectivity index (χ1n) is 11.3. The molecule has 3 unspecified atom stereocenters. The second kappa shape index (κ2) is 7.76. The Kier molecular flexibility index (Phi) is 5.05. The molecule has 2 fully saturated rings. The smallest absolute Gasteiger partial charge is 0.229 e. The molecule has 2 saturated carbocycles. The van der Waals surface area contributed by atoms with Crippen LogP contribution in [0.15, 0.2) is 45.1 Å². The topological polar surface area (TPSA) is 90.1 Å². The lowest BCUT2D eigenvalue weighted by Crippen LogP contribution is -2.42. The zero-order valence-electron chi connectivity index (χ0n) is 18.2. The molecule has 2 aliphatic carbocycles. The monoisotopic (exact) mass is 419 g/mol. The number of amides is 1. The molecule has 0 aromatic rings. The van der Waals surface area contributed by atoms with Crippen LogP contribution >= 0.6 is 0 Å². The molecule has 0 aromatic heterocycles. The van der Waals surface area contributed by atoms with E-state index in [2.05, 4.69) is 23.2 Å². The quantitative estimate of drug-likeness (QED) is 0.742. The van der Waals surface area contributed by atoms with Crippen LogP contribution in [0.3, 0.4) is 0 Å². The maximum Gasteiger partial charge on any atom is 0.229 e. The highest BCUT2D eigenvalue weighted by Gasteiger charge is 2.44. The van der Waals surface area contributed by atoms with Gasteiger partial charge in [-0.3, -0.25) is 14.8 Å². The van der Waals surface area contributed by atoms with Crippen LogP contribution in [0, 0.1) is 17.2 Å². The van der Waals surface area contributed by atoms with Crippen molar-refractivity contribution < 1.29 is 9.53 Å². The summed E-state index contributed by atoms with van der Waals surface area (Å²) in [6, 6.07) is 2.77. The van der Waals surface area contributed by atoms with Gasteiger partial charge in [0.05, 0.1) is 29.4 Å². The molecule has 0 aromatic carbocycles. The molecule has 3 aliphatic heterocycles. The lowest BCUT2D eigenvalue weighted by Gasteiger charge is -2.35. The molecule has 7 nitrogen and oxygen atoms in total. The van der Waals surface area contributed by atoms with Gasteiger partial charge in [-0.2, -0.15) is 5.26 Å². The van der Waals surface area contributed by atoms with Gasteiger partial charge in [-0.25, -0.2) is 0 Å². The molecule has 162 valence electrons. The Morgan fingerprint density at radius 2 is 2.13 bits per heavy atom. The van der Waals surface area contributed by atoms with Gasteiger partial charge in [-0.15, -0.1) is 0 Å². The minimum absolute atomic E-state index is 0.0335. The fourth-order valence-corrected chi connectivity index (χ4v) is 4.99. The minimum Gasteiger partial charge on any atom is -0.372 e. The Morgan fingerprint density at radius 3 is 2.74 bits per heavy atom. The van der Waals surface area contributed by atoms with Crippen LogP contribution in [0.5, 0.6) is 0 Å². The van der Waals surface area contributed by atoms with Gasteiger partial charge < -0.3 is 15.0 Å². The largest absolute Gasteiger partial charge is 0.372 e. The lowest BCUT2D eigenvalue weighted by atomic mass is 9.99. The van der Waals surface area contributed by atoms with Crippen molar-refractivity contribution in [3.05, 3.63) is 35.1 Å². The maximum absolute atomic E-state index is 12.6. The van der Waals surface area contributed by atoms with E-state index in [1.165, 1.54) is 12.8 Å². The SMILES string of the molecule is COC1C=NC2C(=C1)C(C#N)=C(C1=NCC(C(=O)NC3(C)CC3)C=C1)N2C1CCCC1. The Bertz CT molecular complexity index is 972. The normalized spacial score (nSPS) is 31.3. The molecule has 31 heavy (non-hydrogen) atoms. The molecule has 3 heterocycles. The van der Waals surface area contributed by atoms with Crippen LogP contribution in [-0.4, -0.2) is 60.2 Å². The summed E-state index contributed by atoms with van der Waals surface area (Å²) in [5.41, 5.74) is 3.16. The number of ether oxygens (including phenoxy) is 1. The third-order valence-corrected chi connectivity index (χ3v) is 7.09. The van der Waals surface area contributed by atoms with E-state index in [-0.39, 0.29) is 29.6 Å². The second-order valence-corrected chi connectivity index (χ2v) is 9.42. The number of aliphatic imine (C=N–C) groups is 2. The summed E-state index contributed by atoms with van der Waals surface area (Å²) < 4.78 is 5.45. The molecule has 1 N–H and O–H groups in total. The molecule has 0 saturated heterocycles. The van der Waals surface area contributed by atoms with Crippen molar-refractivity contribution in [2.75, 3.05) is 13.7 Å². The maximum atomic E-state index is 12.6. The van der Waals surface area contributed by atoms with E-state index in [0.717, 1.165) is 42.7 Å². The summed E-state index contributed by atoms with van der Waals surface area (Å²) >= 11 is 0. The fourth-order valence-electron chi connectivity index (χ4n) is 4.99. The third kappa shape index (κ3) is 3.63. The average molecular weight is 420 g/mol. The Labute approximate surface area is 183 Å². The van der Waals surface area contributed by atoms with Gasteiger partial charge in [-0.05, 0) is 44.8 Å². The van der Waals surface area contributed by atoms with Crippen LogP contribution < -0.4 is 5.32 Å². The van der Waals surface area contributed by atoms with E-state index in [0.29, 0.717) is 18.2 Å². The Balaban J connectivity index is 1.45. The highest BCUT2D eigenvalue weighted by Crippen LogP contribution is 2.42. The number of nitrogens with one attached hydrogen (secondary N) is 1. The lowest BCUT2D eigenvalue weighted by molar-refractivity contribution is -0.124. The standard InChI is InChI=1S/C24H29N5O2/c1-24(9-10-24)28-23(30)15-7-8-20(26-13-15)21-19(12-25)18-11-17(31-2)14-27-22(18)29(21)16-5-3-4-6-16/h7-8,11,14-17,22H,3-6,9-10,13H2,1-2H3,(H,28,30). The van der Waals surface area contributed by atoms with Crippen LogP contribution in [0.2, 0.25) is 0 Å². The highest BCUT2D eigenvalue weighted by atomic mass is 16.5. The minimum atomic E-state index is -0.258. The zero-order chi connectivity index (χ0) is 21.6. The van der Waals surface area contributed by atoms with E-state index in [1.807, 2.05) is 24.4 Å². The summed E-state index contributed by atoms with van der Waals surface area (Å²) in [6.45, 7) is 2.49. The van der Waals surface area contributed by atoms with Gasteiger partial charge in [0.1, 0.15) is 18.3 Å². The predicted molar refractivity (Wildman–Crippen MR) is 119 cm³/mol. The molecule has 5 aliphatic rings. The predicted octanol–water partition coefficient (Wildman–Crippen LogP) is 2.67. The van der Waals surface area contributed by atoms with Crippen LogP contribution in [0.1, 0.15) is 45.4 Å². The molecule has 1 amide bonds. The van der Waals surface area contributed by atoms with Crippen molar-refractivity contribution in [2.45, 2.75) is 69.3 Å². The van der Waals surface area contributed by atoms with E-state index in [1.54, 1.807) is 7.11 Å². The number of rotatable bonds is 5. The number of fused-ring (bicyclic) bond motifs is 1. The molecule has 0 spiro atoms. The van der Waals surface area contributed by atoms with E-state index in [4.69, 9.17) is 14.7 Å². The first-order valence-corrected chi connectivity index (χ1v) is 11.3. The number of methoxy groups -OCH3 is 1. The molecule has 0 radical (unpaired) electrons. The number of hydrogen-bond acceptors (Lipinski definition) is 6. The average Bonchev–Trinajstić information content (AvgIpc) is 3.19. The second-order valence-electron chi connectivity index (χ2n) is 9.42. The number of hydrogen-bond donors (Lipinski definition) is 1. The van der Waals surface area contributed by atoms with Gasteiger partial charge in [0, 0.05) is 30.5 Å². The van der Waals surface area contributed by atoms with Crippen molar-refractivity contribution in [2.24, 2.45) is 15.9 Å². The van der Waals surface area contributed by atoms with Gasteiger partial charge >= 0.3 is 0 Å². The summed E-state index contributed by atoms with van der Waals surface area (Å²) in [6.07, 6.45) is 13.9. The fraction of sp³-hybridized carbons (Fsp3) is 0.583. The summed E-state index contributed by atoms with van der Waals surface area (Å²) in [7, 11) is 1.65. The molecular formula is C24H29N5O2. The van der Waals surface area contributed by atoms with Crippen molar-refractivity contribution in [3.8, 4) is 6.07 Å². The first kappa shape index (κ1) is 20.2. The van der Waals surface area contributed by atoms with E-state index < -0.39 is 0 Å². The zero-order valence-corrected chi connectivity index (χ0v) is 18.2. The van der Waals surface area contributed by atoms with Gasteiger partial charge in [0.15, 0.2) is 0 Å². The number of allylic oxidation sites excluding steroid dienone is 1. The number of carbonyl (C=O) groups excluding carboxylic acids is 1. The third-order valence-electron chi connectivity index (χ3n) is 7.09. The Hall–Kier alpha value is -2.72. The summed E-state index contributed by atoms with van der Waals surface area (Å²) in [4.78, 5) is 24.5. The Morgan fingerprint density at radius 1 is 1.35 bits per heavy atom. The first-order chi connectivity index (χ1) is 15.0. The molecule has 0 bridgehead atoms. The number of nitrogens with zero attached hydrogens (tertiary/aromatic N) is 4. The number of dihydropyridines is 2. The summed E-state index contributed by atoms with van der Waals surface area (Å²) in [5, 5.41) is 13.2. The van der Waals surface area contributed by atoms with Crippen molar-refractivity contribution >= 4 is 17.8 Å². The van der Waals surface area contributed by atoms with E-state index in [9.17, 15) is 10.1 Å². The number of nitriles is 1. The van der Waals surface area contributed by atoms with Gasteiger partial charge in [0.2, 0.25) is 5.91 Å². The van der Waals surface area contributed by atoms with E-state index >= 15 is 0 Å². The molecule has 3 atom stereocenters. The molecular weight excluding hydrogens is 390 g/mol. The summed E-state index contributed by atoms with van der Waals surface area (Å²) in [5.74, 6) is -0.220. The van der Waals surface area contributed by atoms with Crippen LogP contribution in [0.4, 0.5) is 0 Å². The van der Waals surface area contributed by atoms with Crippen LogP contribution in [0.25, 0.3) is 0 Å². The van der Waals surface area contributed by atoms with Gasteiger partial charge in [-0.1, -0.05) is 18.9 Å². The number of carbonyl (C=O) groups is 1. The molecule has 7 heteroatoms. The van der Waals surface area contributed by atoms with Crippen molar-refractivity contribution in [1.82, 2.24) is 10.2 Å². The van der Waals surface area contributed by atoms with Crippen molar-refractivity contribution in [1.29, 1.82) is 5.26 Å². The molecule has 5 rings (SSSR count). The van der Waals surface area contributed by atoms with Crippen molar-refractivity contribution in [3.63, 3.8) is 0 Å². The highest BCUT2D eigenvalue weighted by molar-refractivity contribution is 6.11.